The van der Waals surface area contributed by atoms with Crippen molar-refractivity contribution in [1.29, 1.82) is 0 Å². The second-order valence-electron chi connectivity index (χ2n) is 4.81. The van der Waals surface area contributed by atoms with E-state index in [9.17, 15) is 0 Å². The average Bonchev–Trinajstić information content (AvgIpc) is 3.03. The van der Waals surface area contributed by atoms with Crippen molar-refractivity contribution < 1.29 is 0 Å². The fourth-order valence-electron chi connectivity index (χ4n) is 2.51. The molecule has 1 atom stereocenters. The Hall–Kier alpha value is -0.200. The molecule has 3 heterocycles. The highest BCUT2D eigenvalue weighted by atomic mass is 79.9. The Morgan fingerprint density at radius 1 is 1.32 bits per heavy atom. The van der Waals surface area contributed by atoms with E-state index in [0.717, 1.165) is 26.2 Å². The number of nitrogens with zero attached hydrogens (tertiary/aromatic N) is 1. The Morgan fingerprint density at radius 2 is 2.11 bits per heavy atom. The van der Waals surface area contributed by atoms with E-state index >= 15 is 0 Å². The zero-order valence-corrected chi connectivity index (χ0v) is 14.1. The van der Waals surface area contributed by atoms with Gasteiger partial charge in [-0.1, -0.05) is 6.07 Å². The van der Waals surface area contributed by atoms with Crippen LogP contribution in [0.25, 0.3) is 0 Å². The van der Waals surface area contributed by atoms with E-state index in [1.165, 1.54) is 19.1 Å². The Kier molecular flexibility index (Phi) is 4.39. The third-order valence-electron chi connectivity index (χ3n) is 3.48. The van der Waals surface area contributed by atoms with E-state index in [-0.39, 0.29) is 0 Å². The Labute approximate surface area is 130 Å². The highest BCUT2D eigenvalue weighted by Crippen LogP contribution is 2.39. The van der Waals surface area contributed by atoms with Crippen LogP contribution in [0.1, 0.15) is 21.4 Å². The van der Waals surface area contributed by atoms with Crippen LogP contribution in [0.15, 0.2) is 27.4 Å². The number of aryl methyl sites for hydroxylation is 1. The van der Waals surface area contributed by atoms with Crippen molar-refractivity contribution >= 4 is 38.6 Å². The first kappa shape index (κ1) is 13.8. The first-order valence-corrected chi connectivity index (χ1v) is 8.98. The van der Waals surface area contributed by atoms with Gasteiger partial charge in [-0.25, -0.2) is 0 Å². The lowest BCUT2D eigenvalue weighted by molar-refractivity contribution is 0.203. The standard InChI is InChI=1S/C14H17BrN2S2/c1-10-9-12(19-14(10)15)13(11-3-2-8-18-11)17-6-4-16-5-7-17/h2-3,8-9,13,16H,4-7H2,1H3/t13-/m1/s1. The molecule has 1 aliphatic heterocycles. The molecule has 0 aliphatic carbocycles. The Morgan fingerprint density at radius 3 is 2.68 bits per heavy atom. The summed E-state index contributed by atoms with van der Waals surface area (Å²) in [5.41, 5.74) is 1.34. The number of rotatable bonds is 3. The van der Waals surface area contributed by atoms with Gasteiger partial charge < -0.3 is 5.32 Å². The first-order chi connectivity index (χ1) is 9.25. The summed E-state index contributed by atoms with van der Waals surface area (Å²) in [7, 11) is 0. The van der Waals surface area contributed by atoms with Gasteiger partial charge in [0.15, 0.2) is 0 Å². The van der Waals surface area contributed by atoms with E-state index < -0.39 is 0 Å². The van der Waals surface area contributed by atoms with Gasteiger partial charge in [0.1, 0.15) is 0 Å². The number of hydrogen-bond acceptors (Lipinski definition) is 4. The summed E-state index contributed by atoms with van der Waals surface area (Å²) in [4.78, 5) is 5.50. The zero-order valence-electron chi connectivity index (χ0n) is 10.9. The molecule has 1 fully saturated rings. The lowest BCUT2D eigenvalue weighted by Crippen LogP contribution is -2.45. The molecule has 2 aromatic heterocycles. The minimum atomic E-state index is 0.428. The normalized spacial score (nSPS) is 18.6. The van der Waals surface area contributed by atoms with Crippen LogP contribution in [0.5, 0.6) is 0 Å². The molecule has 2 nitrogen and oxygen atoms in total. The van der Waals surface area contributed by atoms with E-state index in [1.54, 1.807) is 0 Å². The second kappa shape index (κ2) is 6.06. The second-order valence-corrected chi connectivity index (χ2v) is 8.19. The van der Waals surface area contributed by atoms with Crippen LogP contribution in [0.3, 0.4) is 0 Å². The van der Waals surface area contributed by atoms with Gasteiger partial charge in [-0.3, -0.25) is 4.90 Å². The summed E-state index contributed by atoms with van der Waals surface area (Å²) >= 11 is 7.40. The van der Waals surface area contributed by atoms with Crippen molar-refractivity contribution in [3.8, 4) is 0 Å². The molecule has 5 heteroatoms. The number of hydrogen-bond donors (Lipinski definition) is 1. The van der Waals surface area contributed by atoms with Crippen molar-refractivity contribution in [2.24, 2.45) is 0 Å². The molecule has 0 aromatic carbocycles. The van der Waals surface area contributed by atoms with E-state index in [2.05, 4.69) is 56.6 Å². The number of piperazine rings is 1. The molecule has 0 spiro atoms. The lowest BCUT2D eigenvalue weighted by Gasteiger charge is -2.34. The summed E-state index contributed by atoms with van der Waals surface area (Å²) in [5.74, 6) is 0. The molecular formula is C14H17BrN2S2. The van der Waals surface area contributed by atoms with Crippen molar-refractivity contribution in [3.05, 3.63) is 42.7 Å². The largest absolute Gasteiger partial charge is 0.314 e. The van der Waals surface area contributed by atoms with Gasteiger partial charge in [-0.2, -0.15) is 0 Å². The summed E-state index contributed by atoms with van der Waals surface area (Å²) < 4.78 is 1.26. The van der Waals surface area contributed by atoms with Gasteiger partial charge in [0, 0.05) is 35.9 Å². The van der Waals surface area contributed by atoms with Gasteiger partial charge in [0.2, 0.25) is 0 Å². The van der Waals surface area contributed by atoms with Crippen molar-refractivity contribution in [2.45, 2.75) is 13.0 Å². The molecule has 0 saturated carbocycles. The quantitative estimate of drug-likeness (QED) is 0.897. The maximum absolute atomic E-state index is 3.66. The molecule has 3 rings (SSSR count). The van der Waals surface area contributed by atoms with Crippen LogP contribution in [0.4, 0.5) is 0 Å². The monoisotopic (exact) mass is 356 g/mol. The maximum Gasteiger partial charge on any atom is 0.0791 e. The highest BCUT2D eigenvalue weighted by molar-refractivity contribution is 9.11. The molecule has 0 amide bonds. The molecule has 1 aliphatic rings. The first-order valence-electron chi connectivity index (χ1n) is 6.49. The smallest absolute Gasteiger partial charge is 0.0791 e. The van der Waals surface area contributed by atoms with Crippen LogP contribution < -0.4 is 5.32 Å². The minimum Gasteiger partial charge on any atom is -0.314 e. The predicted molar refractivity (Wildman–Crippen MR) is 87.4 cm³/mol. The van der Waals surface area contributed by atoms with Crippen LogP contribution in [0.2, 0.25) is 0 Å². The van der Waals surface area contributed by atoms with Gasteiger partial charge in [-0.15, -0.1) is 22.7 Å². The molecular weight excluding hydrogens is 340 g/mol. The summed E-state index contributed by atoms with van der Waals surface area (Å²) in [6.07, 6.45) is 0. The van der Waals surface area contributed by atoms with Crippen LogP contribution in [-0.2, 0) is 0 Å². The van der Waals surface area contributed by atoms with Crippen molar-refractivity contribution in [1.82, 2.24) is 10.2 Å². The third kappa shape index (κ3) is 2.95. The molecule has 0 bridgehead atoms. The predicted octanol–water partition coefficient (Wildman–Crippen LogP) is 3.88. The highest BCUT2D eigenvalue weighted by Gasteiger charge is 2.26. The van der Waals surface area contributed by atoms with E-state index in [1.807, 2.05) is 22.7 Å². The summed E-state index contributed by atoms with van der Waals surface area (Å²) in [6.45, 7) is 6.60. The lowest BCUT2D eigenvalue weighted by atomic mass is 10.1. The number of halogens is 1. The fourth-order valence-corrected chi connectivity index (χ4v) is 5.18. The summed E-state index contributed by atoms with van der Waals surface area (Å²) in [5, 5.41) is 5.62. The SMILES string of the molecule is Cc1cc([C@@H](c2cccs2)N2CCNCC2)sc1Br. The van der Waals surface area contributed by atoms with Crippen LogP contribution >= 0.6 is 38.6 Å². The van der Waals surface area contributed by atoms with Crippen molar-refractivity contribution in [2.75, 3.05) is 26.2 Å². The van der Waals surface area contributed by atoms with Crippen LogP contribution in [0, 0.1) is 6.92 Å². The topological polar surface area (TPSA) is 15.3 Å². The van der Waals surface area contributed by atoms with Gasteiger partial charge in [-0.05, 0) is 45.9 Å². The maximum atomic E-state index is 3.66. The summed E-state index contributed by atoms with van der Waals surface area (Å²) in [6, 6.07) is 7.18. The third-order valence-corrected chi connectivity index (χ3v) is 6.59. The molecule has 19 heavy (non-hydrogen) atoms. The van der Waals surface area contributed by atoms with Gasteiger partial charge in [0.25, 0.3) is 0 Å². The average molecular weight is 357 g/mol. The molecule has 1 saturated heterocycles. The number of nitrogens with one attached hydrogen (secondary N) is 1. The zero-order chi connectivity index (χ0) is 13.2. The Balaban J connectivity index is 1.96. The van der Waals surface area contributed by atoms with Gasteiger partial charge in [0.05, 0.1) is 9.83 Å². The van der Waals surface area contributed by atoms with Crippen LogP contribution in [-0.4, -0.2) is 31.1 Å². The Bertz CT molecular complexity index is 510. The molecule has 2 aromatic rings. The van der Waals surface area contributed by atoms with Crippen molar-refractivity contribution in [3.63, 3.8) is 0 Å². The number of thiophene rings is 2. The minimum absolute atomic E-state index is 0.428. The van der Waals surface area contributed by atoms with E-state index in [0.29, 0.717) is 6.04 Å². The molecule has 102 valence electrons. The molecule has 0 unspecified atom stereocenters. The molecule has 0 radical (unpaired) electrons. The van der Waals surface area contributed by atoms with Gasteiger partial charge >= 0.3 is 0 Å². The molecule has 1 N–H and O–H groups in total. The fraction of sp³-hybridized carbons (Fsp3) is 0.429. The van der Waals surface area contributed by atoms with E-state index in [4.69, 9.17) is 0 Å².